The second kappa shape index (κ2) is 5.29. The zero-order valence-electron chi connectivity index (χ0n) is 11.1. The average Bonchev–Trinajstić information content (AvgIpc) is 3.00. The number of hydrogen-bond acceptors (Lipinski definition) is 3. The highest BCUT2D eigenvalue weighted by molar-refractivity contribution is 7.16. The molecule has 3 rings (SSSR count). The van der Waals surface area contributed by atoms with E-state index in [1.807, 2.05) is 13.0 Å². The Bertz CT molecular complexity index is 685. The summed E-state index contributed by atoms with van der Waals surface area (Å²) in [6, 6.07) is 8.30. The summed E-state index contributed by atoms with van der Waals surface area (Å²) in [5, 5.41) is 0. The molecule has 0 N–H and O–H groups in total. The summed E-state index contributed by atoms with van der Waals surface area (Å²) in [6.45, 7) is 2.61. The van der Waals surface area contributed by atoms with Crippen LogP contribution in [0.1, 0.15) is 45.4 Å². The maximum Gasteiger partial charge on any atom is 0.172 e. The number of fused-ring (bicyclic) bond motifs is 1. The van der Waals surface area contributed by atoms with Gasteiger partial charge in [-0.1, -0.05) is 6.92 Å². The van der Waals surface area contributed by atoms with Crippen molar-refractivity contribution in [1.82, 2.24) is 0 Å². The first kappa shape index (κ1) is 13.2. The Labute approximate surface area is 121 Å². The monoisotopic (exact) mass is 287 g/mol. The molecule has 1 aliphatic heterocycles. The van der Waals surface area contributed by atoms with Gasteiger partial charge in [-0.2, -0.15) is 0 Å². The molecule has 2 nitrogen and oxygen atoms in total. The van der Waals surface area contributed by atoms with E-state index in [4.69, 9.17) is 0 Å². The molecule has 0 saturated carbocycles. The summed E-state index contributed by atoms with van der Waals surface area (Å²) < 4.78 is 13.0. The van der Waals surface area contributed by atoms with E-state index in [0.717, 1.165) is 33.0 Å². The van der Waals surface area contributed by atoms with Gasteiger partial charge in [-0.15, -0.1) is 11.3 Å². The minimum Gasteiger partial charge on any atom is -0.293 e. The molecular formula is C16H14FNOS. The van der Waals surface area contributed by atoms with Gasteiger partial charge >= 0.3 is 0 Å². The van der Waals surface area contributed by atoms with E-state index < -0.39 is 0 Å². The van der Waals surface area contributed by atoms with Crippen molar-refractivity contribution in [2.24, 2.45) is 4.99 Å². The topological polar surface area (TPSA) is 29.4 Å². The fourth-order valence-electron chi connectivity index (χ4n) is 2.30. The summed E-state index contributed by atoms with van der Waals surface area (Å²) in [4.78, 5) is 18.3. The van der Waals surface area contributed by atoms with E-state index in [9.17, 15) is 9.18 Å². The maximum absolute atomic E-state index is 13.0. The second-order valence-electron chi connectivity index (χ2n) is 4.81. The number of benzene rings is 1. The highest BCUT2D eigenvalue weighted by Gasteiger charge is 2.22. The molecule has 0 aliphatic carbocycles. The van der Waals surface area contributed by atoms with Crippen LogP contribution < -0.4 is 0 Å². The molecule has 0 radical (unpaired) electrons. The van der Waals surface area contributed by atoms with Gasteiger partial charge in [-0.05, 0) is 42.3 Å². The van der Waals surface area contributed by atoms with Crippen molar-refractivity contribution >= 4 is 22.8 Å². The summed E-state index contributed by atoms with van der Waals surface area (Å²) in [5.74, 6) is -0.0529. The fourth-order valence-corrected chi connectivity index (χ4v) is 3.47. The molecule has 0 amide bonds. The van der Waals surface area contributed by atoms with Crippen LogP contribution in [0.5, 0.6) is 0 Å². The lowest BCUT2D eigenvalue weighted by Gasteiger charge is -2.00. The molecule has 20 heavy (non-hydrogen) atoms. The third-order valence-electron chi connectivity index (χ3n) is 3.30. The quantitative estimate of drug-likeness (QED) is 0.774. The van der Waals surface area contributed by atoms with Gasteiger partial charge in [0.2, 0.25) is 0 Å². The standard InChI is InChI=1S/C16H14FNOS/c1-2-3-13(19)14-8-11-9-18-15(16(11)20-14)10-4-6-12(17)7-5-10/h4-8H,2-3,9H2,1H3. The number of rotatable bonds is 4. The number of halogens is 1. The Morgan fingerprint density at radius 3 is 2.80 bits per heavy atom. The van der Waals surface area contributed by atoms with Crippen LogP contribution in [0.3, 0.4) is 0 Å². The summed E-state index contributed by atoms with van der Waals surface area (Å²) in [5.41, 5.74) is 2.89. The van der Waals surface area contributed by atoms with Crippen LogP contribution in [0.2, 0.25) is 0 Å². The van der Waals surface area contributed by atoms with E-state index >= 15 is 0 Å². The predicted octanol–water partition coefficient (Wildman–Crippen LogP) is 4.22. The van der Waals surface area contributed by atoms with Crippen LogP contribution in [-0.4, -0.2) is 11.5 Å². The number of aliphatic imine (C=N–C) groups is 1. The first-order valence-corrected chi connectivity index (χ1v) is 7.47. The molecule has 0 atom stereocenters. The highest BCUT2D eigenvalue weighted by Crippen LogP contribution is 2.32. The number of hydrogen-bond donors (Lipinski definition) is 0. The predicted molar refractivity (Wildman–Crippen MR) is 79.3 cm³/mol. The summed E-state index contributed by atoms with van der Waals surface area (Å²) in [6.07, 6.45) is 1.45. The number of thiophene rings is 1. The van der Waals surface area contributed by atoms with E-state index in [2.05, 4.69) is 4.99 Å². The van der Waals surface area contributed by atoms with E-state index in [0.29, 0.717) is 13.0 Å². The summed E-state index contributed by atoms with van der Waals surface area (Å²) in [7, 11) is 0. The SMILES string of the molecule is CCCC(=O)c1cc2c(s1)C(c1ccc(F)cc1)=NC2. The van der Waals surface area contributed by atoms with E-state index in [1.54, 1.807) is 12.1 Å². The minimum absolute atomic E-state index is 0.199. The van der Waals surface area contributed by atoms with Crippen LogP contribution in [0, 0.1) is 5.82 Å². The third kappa shape index (κ3) is 2.31. The molecule has 0 bridgehead atoms. The van der Waals surface area contributed by atoms with Crippen molar-refractivity contribution < 1.29 is 9.18 Å². The van der Waals surface area contributed by atoms with E-state index in [-0.39, 0.29) is 11.6 Å². The smallest absolute Gasteiger partial charge is 0.172 e. The normalized spacial score (nSPS) is 13.2. The van der Waals surface area contributed by atoms with Crippen molar-refractivity contribution in [3.63, 3.8) is 0 Å². The Morgan fingerprint density at radius 2 is 2.10 bits per heavy atom. The van der Waals surface area contributed by atoms with Gasteiger partial charge in [0.15, 0.2) is 5.78 Å². The molecule has 102 valence electrons. The van der Waals surface area contributed by atoms with Gasteiger partial charge in [0.25, 0.3) is 0 Å². The molecule has 1 aromatic heterocycles. The molecule has 0 fully saturated rings. The van der Waals surface area contributed by atoms with Gasteiger partial charge in [-0.3, -0.25) is 9.79 Å². The molecule has 4 heteroatoms. The highest BCUT2D eigenvalue weighted by atomic mass is 32.1. The number of ketones is 1. The zero-order chi connectivity index (χ0) is 14.1. The number of carbonyl (C=O) groups excluding carboxylic acids is 1. The fraction of sp³-hybridized carbons (Fsp3) is 0.250. The molecule has 0 spiro atoms. The van der Waals surface area contributed by atoms with Crippen molar-refractivity contribution in [3.8, 4) is 0 Å². The lowest BCUT2D eigenvalue weighted by Crippen LogP contribution is -1.98. The van der Waals surface area contributed by atoms with Gasteiger partial charge in [0.1, 0.15) is 5.82 Å². The Hall–Kier alpha value is -1.81. The van der Waals surface area contributed by atoms with Gasteiger partial charge < -0.3 is 0 Å². The Balaban J connectivity index is 1.93. The lowest BCUT2D eigenvalue weighted by atomic mass is 10.1. The van der Waals surface area contributed by atoms with Gasteiger partial charge in [0, 0.05) is 12.0 Å². The second-order valence-corrected chi connectivity index (χ2v) is 5.86. The average molecular weight is 287 g/mol. The first-order chi connectivity index (χ1) is 9.69. The van der Waals surface area contributed by atoms with Crippen molar-refractivity contribution in [2.75, 3.05) is 0 Å². The van der Waals surface area contributed by atoms with Crippen LogP contribution in [0.25, 0.3) is 0 Å². The first-order valence-electron chi connectivity index (χ1n) is 6.65. The van der Waals surface area contributed by atoms with E-state index in [1.165, 1.54) is 23.5 Å². The zero-order valence-corrected chi connectivity index (χ0v) is 12.0. The number of nitrogens with zero attached hydrogens (tertiary/aromatic N) is 1. The van der Waals surface area contributed by atoms with Crippen LogP contribution in [0.15, 0.2) is 35.3 Å². The molecule has 0 saturated heterocycles. The molecule has 1 aromatic carbocycles. The number of Topliss-reactive ketones (excluding diaryl/α,β-unsaturated/α-hetero) is 1. The Kier molecular flexibility index (Phi) is 3.49. The minimum atomic E-state index is -0.252. The molecule has 2 heterocycles. The van der Waals surface area contributed by atoms with Gasteiger partial charge in [-0.25, -0.2) is 4.39 Å². The van der Waals surface area contributed by atoms with Crippen LogP contribution in [0.4, 0.5) is 4.39 Å². The molecule has 2 aromatic rings. The molecular weight excluding hydrogens is 273 g/mol. The Morgan fingerprint density at radius 1 is 1.35 bits per heavy atom. The third-order valence-corrected chi connectivity index (χ3v) is 4.53. The maximum atomic E-state index is 13.0. The van der Waals surface area contributed by atoms with Crippen LogP contribution in [-0.2, 0) is 6.54 Å². The van der Waals surface area contributed by atoms with Crippen molar-refractivity contribution in [1.29, 1.82) is 0 Å². The van der Waals surface area contributed by atoms with Gasteiger partial charge in [0.05, 0.1) is 22.0 Å². The largest absolute Gasteiger partial charge is 0.293 e. The van der Waals surface area contributed by atoms with Crippen molar-refractivity contribution in [3.05, 3.63) is 57.0 Å². The lowest BCUT2D eigenvalue weighted by molar-refractivity contribution is 0.0985. The molecule has 0 unspecified atom stereocenters. The van der Waals surface area contributed by atoms with Crippen molar-refractivity contribution in [2.45, 2.75) is 26.3 Å². The van der Waals surface area contributed by atoms with Crippen LogP contribution >= 0.6 is 11.3 Å². The molecule has 1 aliphatic rings. The summed E-state index contributed by atoms with van der Waals surface area (Å²) >= 11 is 1.50. The number of carbonyl (C=O) groups is 1.